The van der Waals surface area contributed by atoms with Gasteiger partial charge in [-0.25, -0.2) is 0 Å². The molecule has 0 aliphatic carbocycles. The fourth-order valence-corrected chi connectivity index (χ4v) is 3.07. The molecule has 1 amide bonds. The second kappa shape index (κ2) is 7.44. The first-order valence-electron chi connectivity index (χ1n) is 6.84. The number of hydrogen-bond donors (Lipinski definition) is 2. The van der Waals surface area contributed by atoms with Crippen molar-refractivity contribution in [3.8, 4) is 11.8 Å². The Morgan fingerprint density at radius 1 is 1.65 bits per heavy atom. The first kappa shape index (κ1) is 15.0. The maximum atomic E-state index is 12.2. The van der Waals surface area contributed by atoms with Crippen LogP contribution in [-0.4, -0.2) is 49.2 Å². The second-order valence-electron chi connectivity index (χ2n) is 5.07. The number of aliphatic hydroxyl groups excluding tert-OH is 1. The number of nitrogens with zero attached hydrogens (tertiary/aromatic N) is 1. The van der Waals surface area contributed by atoms with Crippen LogP contribution in [0, 0.1) is 17.8 Å². The van der Waals surface area contributed by atoms with Crippen LogP contribution in [0.5, 0.6) is 0 Å². The summed E-state index contributed by atoms with van der Waals surface area (Å²) < 4.78 is 0. The number of nitrogens with one attached hydrogen (secondary N) is 1. The van der Waals surface area contributed by atoms with Gasteiger partial charge >= 0.3 is 0 Å². The Morgan fingerprint density at radius 2 is 2.50 bits per heavy atom. The fourth-order valence-electron chi connectivity index (χ4n) is 2.31. The SMILES string of the molecule is CN1CCC(CNC(=O)c2sccc2C#CCCO)C1. The summed E-state index contributed by atoms with van der Waals surface area (Å²) in [7, 11) is 2.11. The maximum absolute atomic E-state index is 12.2. The summed E-state index contributed by atoms with van der Waals surface area (Å²) in [5, 5.41) is 13.6. The van der Waals surface area contributed by atoms with Crippen molar-refractivity contribution >= 4 is 17.2 Å². The van der Waals surface area contributed by atoms with Crippen LogP contribution in [0.3, 0.4) is 0 Å². The molecular weight excluding hydrogens is 272 g/mol. The van der Waals surface area contributed by atoms with E-state index < -0.39 is 0 Å². The van der Waals surface area contributed by atoms with Gasteiger partial charge in [-0.05, 0) is 37.4 Å². The molecule has 2 rings (SSSR count). The summed E-state index contributed by atoms with van der Waals surface area (Å²) in [6, 6.07) is 1.85. The zero-order valence-corrected chi connectivity index (χ0v) is 12.5. The van der Waals surface area contributed by atoms with E-state index in [0.29, 0.717) is 17.2 Å². The van der Waals surface area contributed by atoms with Crippen LogP contribution in [0.25, 0.3) is 0 Å². The largest absolute Gasteiger partial charge is 0.395 e. The number of likely N-dealkylation sites (tertiary alicyclic amines) is 1. The zero-order chi connectivity index (χ0) is 14.4. The van der Waals surface area contributed by atoms with E-state index in [9.17, 15) is 4.79 Å². The minimum atomic E-state index is -0.0390. The standard InChI is InChI=1S/C15H20N2O2S/c1-17-7-5-12(11-17)10-16-15(19)14-13(6-9-20-14)4-2-3-8-18/h6,9,12,18H,3,5,7-8,10-11H2,1H3,(H,16,19). The third kappa shape index (κ3) is 4.07. The van der Waals surface area contributed by atoms with E-state index in [1.165, 1.54) is 11.3 Å². The number of hydrogen-bond acceptors (Lipinski definition) is 4. The van der Waals surface area contributed by atoms with Crippen molar-refractivity contribution in [3.05, 3.63) is 21.9 Å². The summed E-state index contributed by atoms with van der Waals surface area (Å²) in [6.45, 7) is 2.93. The lowest BCUT2D eigenvalue weighted by Crippen LogP contribution is -2.30. The second-order valence-corrected chi connectivity index (χ2v) is 5.98. The number of carbonyl (C=O) groups excluding carboxylic acids is 1. The van der Waals surface area contributed by atoms with Crippen molar-refractivity contribution in [3.63, 3.8) is 0 Å². The Morgan fingerprint density at radius 3 is 3.20 bits per heavy atom. The number of amides is 1. The molecule has 1 atom stereocenters. The van der Waals surface area contributed by atoms with Crippen LogP contribution in [0.15, 0.2) is 11.4 Å². The number of rotatable bonds is 4. The van der Waals surface area contributed by atoms with E-state index >= 15 is 0 Å². The smallest absolute Gasteiger partial charge is 0.262 e. The van der Waals surface area contributed by atoms with E-state index in [-0.39, 0.29) is 12.5 Å². The molecule has 1 fully saturated rings. The van der Waals surface area contributed by atoms with Crippen LogP contribution >= 0.6 is 11.3 Å². The molecule has 1 aliphatic heterocycles. The van der Waals surface area contributed by atoms with Crippen molar-refractivity contribution in [2.45, 2.75) is 12.8 Å². The average molecular weight is 292 g/mol. The molecule has 1 aromatic rings. The molecule has 4 nitrogen and oxygen atoms in total. The summed E-state index contributed by atoms with van der Waals surface area (Å²) in [5.74, 6) is 6.31. The molecule has 1 aromatic heterocycles. The van der Waals surface area contributed by atoms with Crippen molar-refractivity contribution in [1.82, 2.24) is 10.2 Å². The minimum Gasteiger partial charge on any atom is -0.395 e. The van der Waals surface area contributed by atoms with Gasteiger partial charge in [-0.15, -0.1) is 11.3 Å². The van der Waals surface area contributed by atoms with Crippen LogP contribution in [0.1, 0.15) is 28.1 Å². The molecule has 0 saturated carbocycles. The Labute approximate surface area is 123 Å². The summed E-state index contributed by atoms with van der Waals surface area (Å²) in [5.41, 5.74) is 0.754. The van der Waals surface area contributed by atoms with Gasteiger partial charge in [-0.2, -0.15) is 0 Å². The molecule has 1 unspecified atom stereocenters. The maximum Gasteiger partial charge on any atom is 0.262 e. The van der Waals surface area contributed by atoms with Crippen LogP contribution in [0.2, 0.25) is 0 Å². The Hall–Kier alpha value is -1.35. The highest BCUT2D eigenvalue weighted by Gasteiger charge is 2.20. The molecule has 0 spiro atoms. The molecule has 0 aromatic carbocycles. The van der Waals surface area contributed by atoms with Crippen molar-refractivity contribution in [1.29, 1.82) is 0 Å². The normalized spacial score (nSPS) is 18.6. The van der Waals surface area contributed by atoms with E-state index in [1.54, 1.807) is 0 Å². The van der Waals surface area contributed by atoms with E-state index in [2.05, 4.69) is 29.1 Å². The van der Waals surface area contributed by atoms with Gasteiger partial charge in [0, 0.05) is 25.1 Å². The van der Waals surface area contributed by atoms with E-state index in [1.807, 2.05) is 11.4 Å². The molecule has 1 saturated heterocycles. The average Bonchev–Trinajstić information content (AvgIpc) is 3.05. The molecule has 2 heterocycles. The van der Waals surface area contributed by atoms with Gasteiger partial charge < -0.3 is 15.3 Å². The molecule has 108 valence electrons. The first-order valence-corrected chi connectivity index (χ1v) is 7.72. The summed E-state index contributed by atoms with van der Waals surface area (Å²) in [6.07, 6.45) is 1.58. The molecule has 1 aliphatic rings. The van der Waals surface area contributed by atoms with Gasteiger partial charge in [0.15, 0.2) is 0 Å². The van der Waals surface area contributed by atoms with Gasteiger partial charge in [0.1, 0.15) is 4.88 Å². The lowest BCUT2D eigenvalue weighted by Gasteiger charge is -2.11. The van der Waals surface area contributed by atoms with Crippen LogP contribution in [-0.2, 0) is 0 Å². The highest BCUT2D eigenvalue weighted by atomic mass is 32.1. The lowest BCUT2D eigenvalue weighted by atomic mass is 10.1. The predicted octanol–water partition coefficient (Wildman–Crippen LogP) is 1.16. The van der Waals surface area contributed by atoms with Gasteiger partial charge in [0.05, 0.1) is 6.61 Å². The predicted molar refractivity (Wildman–Crippen MR) is 80.8 cm³/mol. The Balaban J connectivity index is 1.89. The highest BCUT2D eigenvalue weighted by Crippen LogP contribution is 2.17. The first-order chi connectivity index (χ1) is 9.70. The molecule has 0 radical (unpaired) electrons. The van der Waals surface area contributed by atoms with E-state index in [0.717, 1.165) is 31.6 Å². The topological polar surface area (TPSA) is 52.6 Å². The van der Waals surface area contributed by atoms with Gasteiger partial charge in [-0.1, -0.05) is 11.8 Å². The monoisotopic (exact) mass is 292 g/mol. The van der Waals surface area contributed by atoms with Gasteiger partial charge in [0.25, 0.3) is 5.91 Å². The number of aliphatic hydroxyl groups is 1. The van der Waals surface area contributed by atoms with Gasteiger partial charge in [-0.3, -0.25) is 4.79 Å². The lowest BCUT2D eigenvalue weighted by molar-refractivity contribution is 0.0951. The van der Waals surface area contributed by atoms with Crippen molar-refractivity contribution in [2.75, 3.05) is 33.3 Å². The summed E-state index contributed by atoms with van der Waals surface area (Å²) >= 11 is 1.41. The third-order valence-corrected chi connectivity index (χ3v) is 4.28. The molecule has 0 bridgehead atoms. The third-order valence-electron chi connectivity index (χ3n) is 3.37. The molecular formula is C15H20N2O2S. The molecule has 20 heavy (non-hydrogen) atoms. The minimum absolute atomic E-state index is 0.0390. The molecule has 2 N–H and O–H groups in total. The molecule has 5 heteroatoms. The zero-order valence-electron chi connectivity index (χ0n) is 11.7. The van der Waals surface area contributed by atoms with E-state index in [4.69, 9.17) is 5.11 Å². The van der Waals surface area contributed by atoms with Crippen LogP contribution in [0.4, 0.5) is 0 Å². The highest BCUT2D eigenvalue weighted by molar-refractivity contribution is 7.12. The Kier molecular flexibility index (Phi) is 5.60. The van der Waals surface area contributed by atoms with Gasteiger partial charge in [0.2, 0.25) is 0 Å². The Bertz CT molecular complexity index is 515. The summed E-state index contributed by atoms with van der Waals surface area (Å²) in [4.78, 5) is 15.1. The number of carbonyl (C=O) groups is 1. The van der Waals surface area contributed by atoms with Crippen molar-refractivity contribution < 1.29 is 9.90 Å². The van der Waals surface area contributed by atoms with Crippen molar-refractivity contribution in [2.24, 2.45) is 5.92 Å². The fraction of sp³-hybridized carbons (Fsp3) is 0.533. The van der Waals surface area contributed by atoms with Crippen LogP contribution < -0.4 is 5.32 Å². The number of thiophene rings is 1. The quantitative estimate of drug-likeness (QED) is 0.819.